The standard InChI is InChI=1S/C27H25F15O5/c1-16(2)20(44)46-14-6-4-3-5-13-45-18-10-7-17(8-11-18)9-12-19(43)47-15-21(28,29)22(30,31)23(32,33)24(34,35)25(36,37)26(38,39)27(40,41)42/h7-12H,1,3-6,13-15H2,2H3/b12-9+. The summed E-state index contributed by atoms with van der Waals surface area (Å²) in [6.45, 7) is 2.21. The van der Waals surface area contributed by atoms with Crippen LogP contribution < -0.4 is 4.74 Å². The van der Waals surface area contributed by atoms with Crippen LogP contribution in [-0.4, -0.2) is 73.5 Å². The maximum absolute atomic E-state index is 13.8. The van der Waals surface area contributed by atoms with Crippen molar-refractivity contribution in [1.82, 2.24) is 0 Å². The first-order chi connectivity index (χ1) is 21.2. The lowest BCUT2D eigenvalue weighted by Crippen LogP contribution is -2.73. The Hall–Kier alpha value is -3.61. The van der Waals surface area contributed by atoms with E-state index in [1.807, 2.05) is 0 Å². The summed E-state index contributed by atoms with van der Waals surface area (Å²) in [6.07, 6.45) is -3.99. The van der Waals surface area contributed by atoms with Crippen LogP contribution in [0.15, 0.2) is 42.5 Å². The molecule has 0 fully saturated rings. The maximum atomic E-state index is 13.8. The fraction of sp³-hybridized carbons (Fsp3) is 0.556. The van der Waals surface area contributed by atoms with Gasteiger partial charge < -0.3 is 14.2 Å². The molecule has 1 aromatic carbocycles. The van der Waals surface area contributed by atoms with Crippen molar-refractivity contribution in [2.75, 3.05) is 19.8 Å². The van der Waals surface area contributed by atoms with Gasteiger partial charge in [-0.05, 0) is 56.4 Å². The maximum Gasteiger partial charge on any atom is 0.460 e. The summed E-state index contributed by atoms with van der Waals surface area (Å²) in [5.74, 6) is -49.8. The van der Waals surface area contributed by atoms with E-state index in [1.165, 1.54) is 31.2 Å². The van der Waals surface area contributed by atoms with Gasteiger partial charge in [-0.2, -0.15) is 65.9 Å². The van der Waals surface area contributed by atoms with Gasteiger partial charge in [-0.15, -0.1) is 0 Å². The van der Waals surface area contributed by atoms with Crippen LogP contribution in [0.1, 0.15) is 38.2 Å². The Morgan fingerprint density at radius 1 is 0.660 bits per heavy atom. The van der Waals surface area contributed by atoms with E-state index in [0.29, 0.717) is 18.6 Å². The van der Waals surface area contributed by atoms with Crippen molar-refractivity contribution < 1.29 is 89.7 Å². The van der Waals surface area contributed by atoms with E-state index in [9.17, 15) is 75.4 Å². The van der Waals surface area contributed by atoms with E-state index in [1.54, 1.807) is 0 Å². The van der Waals surface area contributed by atoms with Gasteiger partial charge in [0.25, 0.3) is 0 Å². The molecule has 5 nitrogen and oxygen atoms in total. The highest BCUT2D eigenvalue weighted by Gasteiger charge is 2.93. The summed E-state index contributed by atoms with van der Waals surface area (Å²) in [4.78, 5) is 22.8. The Balaban J connectivity index is 2.74. The van der Waals surface area contributed by atoms with E-state index >= 15 is 0 Å². The van der Waals surface area contributed by atoms with Gasteiger partial charge in [0.05, 0.1) is 13.2 Å². The third-order valence-corrected chi connectivity index (χ3v) is 5.97. The van der Waals surface area contributed by atoms with Crippen LogP contribution in [0, 0.1) is 0 Å². The van der Waals surface area contributed by atoms with Gasteiger partial charge >= 0.3 is 53.7 Å². The predicted molar refractivity (Wildman–Crippen MR) is 132 cm³/mol. The lowest BCUT2D eigenvalue weighted by atomic mass is 9.91. The molecule has 20 heteroatoms. The zero-order chi connectivity index (χ0) is 36.7. The molecule has 0 aromatic heterocycles. The molecule has 0 radical (unpaired) electrons. The molecule has 0 saturated heterocycles. The van der Waals surface area contributed by atoms with Crippen LogP contribution in [0.5, 0.6) is 5.75 Å². The molecule has 47 heavy (non-hydrogen) atoms. The number of hydrogen-bond donors (Lipinski definition) is 0. The minimum absolute atomic E-state index is 0.106. The largest absolute Gasteiger partial charge is 0.494 e. The number of alkyl halides is 15. The fourth-order valence-electron chi connectivity index (χ4n) is 3.17. The molecule has 0 saturated carbocycles. The number of benzene rings is 1. The van der Waals surface area contributed by atoms with Crippen LogP contribution in [0.4, 0.5) is 65.9 Å². The summed E-state index contributed by atoms with van der Waals surface area (Å²) in [7, 11) is 0. The first kappa shape index (κ1) is 41.4. The highest BCUT2D eigenvalue weighted by molar-refractivity contribution is 5.87. The van der Waals surface area contributed by atoms with Crippen molar-refractivity contribution in [2.24, 2.45) is 0 Å². The minimum atomic E-state index is -8.42. The summed E-state index contributed by atoms with van der Waals surface area (Å²) in [5, 5.41) is 0. The second kappa shape index (κ2) is 15.1. The SMILES string of the molecule is C=C(C)C(=O)OCCCCCCOc1ccc(/C=C/C(=O)OCC(F)(F)C(F)(F)C(F)(F)C(F)(F)C(F)(F)C(F)(F)C(F)(F)F)cc1. The summed E-state index contributed by atoms with van der Waals surface area (Å²) in [6, 6.07) is 5.27. The first-order valence-electron chi connectivity index (χ1n) is 12.9. The third kappa shape index (κ3) is 9.27. The zero-order valence-corrected chi connectivity index (χ0v) is 23.8. The summed E-state index contributed by atoms with van der Waals surface area (Å²) in [5.41, 5.74) is 0.378. The number of esters is 2. The second-order valence-electron chi connectivity index (χ2n) is 9.76. The molecule has 0 bridgehead atoms. The first-order valence-corrected chi connectivity index (χ1v) is 12.9. The zero-order valence-electron chi connectivity index (χ0n) is 23.8. The number of unbranched alkanes of at least 4 members (excludes halogenated alkanes) is 3. The Morgan fingerprint density at radius 2 is 1.13 bits per heavy atom. The Labute approximate surface area is 256 Å². The topological polar surface area (TPSA) is 61.8 Å². The van der Waals surface area contributed by atoms with Crippen molar-refractivity contribution in [1.29, 1.82) is 0 Å². The number of carbonyl (C=O) groups excluding carboxylic acids is 2. The Bertz CT molecular complexity index is 1260. The number of ether oxygens (including phenoxy) is 3. The van der Waals surface area contributed by atoms with Crippen molar-refractivity contribution >= 4 is 18.0 Å². The minimum Gasteiger partial charge on any atom is -0.494 e. The second-order valence-corrected chi connectivity index (χ2v) is 9.76. The van der Waals surface area contributed by atoms with Gasteiger partial charge in [0, 0.05) is 11.6 Å². The third-order valence-electron chi connectivity index (χ3n) is 5.97. The molecule has 0 heterocycles. The number of carbonyl (C=O) groups is 2. The predicted octanol–water partition coefficient (Wildman–Crippen LogP) is 8.68. The average molecular weight is 714 g/mol. The van der Waals surface area contributed by atoms with Crippen LogP contribution in [0.2, 0.25) is 0 Å². The van der Waals surface area contributed by atoms with Crippen molar-refractivity contribution in [2.45, 2.75) is 74.3 Å². The smallest absolute Gasteiger partial charge is 0.460 e. The van der Waals surface area contributed by atoms with Crippen LogP contribution in [0.25, 0.3) is 6.08 Å². The van der Waals surface area contributed by atoms with E-state index < -0.39 is 60.3 Å². The molecule has 0 aliphatic rings. The summed E-state index contributed by atoms with van der Waals surface area (Å²) < 4.78 is 212. The van der Waals surface area contributed by atoms with E-state index in [-0.39, 0.29) is 30.4 Å². The quantitative estimate of drug-likeness (QED) is 0.0660. The molecule has 0 aliphatic carbocycles. The van der Waals surface area contributed by atoms with E-state index in [4.69, 9.17) is 9.47 Å². The lowest BCUT2D eigenvalue weighted by Gasteiger charge is -2.41. The van der Waals surface area contributed by atoms with Crippen LogP contribution in [-0.2, 0) is 19.1 Å². The molecule has 0 aliphatic heterocycles. The van der Waals surface area contributed by atoms with Crippen LogP contribution >= 0.6 is 0 Å². The molecular weight excluding hydrogens is 689 g/mol. The molecule has 1 rings (SSSR count). The van der Waals surface area contributed by atoms with Crippen molar-refractivity contribution in [3.05, 3.63) is 48.1 Å². The number of rotatable bonds is 18. The van der Waals surface area contributed by atoms with Gasteiger partial charge in [0.15, 0.2) is 6.61 Å². The highest BCUT2D eigenvalue weighted by atomic mass is 19.4. The number of hydrogen-bond acceptors (Lipinski definition) is 5. The normalized spacial score (nSPS) is 13.9. The Kier molecular flexibility index (Phi) is 13.3. The van der Waals surface area contributed by atoms with Crippen molar-refractivity contribution in [3.63, 3.8) is 0 Å². The highest BCUT2D eigenvalue weighted by Crippen LogP contribution is 2.62. The van der Waals surface area contributed by atoms with Gasteiger partial charge in [-0.1, -0.05) is 18.7 Å². The molecule has 0 N–H and O–H groups in total. The van der Waals surface area contributed by atoms with Crippen molar-refractivity contribution in [3.8, 4) is 5.75 Å². The summed E-state index contributed by atoms with van der Waals surface area (Å²) >= 11 is 0. The Morgan fingerprint density at radius 3 is 1.62 bits per heavy atom. The fourth-order valence-corrected chi connectivity index (χ4v) is 3.17. The van der Waals surface area contributed by atoms with Gasteiger partial charge in [-0.3, -0.25) is 0 Å². The average Bonchev–Trinajstić information content (AvgIpc) is 2.95. The molecule has 268 valence electrons. The van der Waals surface area contributed by atoms with E-state index in [0.717, 1.165) is 18.9 Å². The monoisotopic (exact) mass is 714 g/mol. The molecule has 0 unspecified atom stereocenters. The van der Waals surface area contributed by atoms with Gasteiger partial charge in [0.1, 0.15) is 5.75 Å². The van der Waals surface area contributed by atoms with Gasteiger partial charge in [0.2, 0.25) is 0 Å². The molecular formula is C27H25F15O5. The molecule has 0 spiro atoms. The molecule has 1 aromatic rings. The molecule has 0 atom stereocenters. The number of halogens is 15. The van der Waals surface area contributed by atoms with Gasteiger partial charge in [-0.25, -0.2) is 9.59 Å². The lowest BCUT2D eigenvalue weighted by molar-refractivity contribution is -0.453. The van der Waals surface area contributed by atoms with Crippen LogP contribution in [0.3, 0.4) is 0 Å². The molecule has 0 amide bonds. The van der Waals surface area contributed by atoms with E-state index in [2.05, 4.69) is 11.3 Å².